The number of likely N-dealkylation sites (tertiary alicyclic amines) is 1. The summed E-state index contributed by atoms with van der Waals surface area (Å²) in [6.45, 7) is 3.92. The van der Waals surface area contributed by atoms with E-state index in [0.29, 0.717) is 18.9 Å². The molecule has 3 rings (SSSR count). The summed E-state index contributed by atoms with van der Waals surface area (Å²) in [5, 5.41) is 3.21. The van der Waals surface area contributed by atoms with Gasteiger partial charge in [-0.05, 0) is 46.0 Å². The van der Waals surface area contributed by atoms with Crippen molar-refractivity contribution < 1.29 is 4.79 Å². The highest BCUT2D eigenvalue weighted by Gasteiger charge is 2.26. The first kappa shape index (κ1) is 18.3. The Hall–Kier alpha value is -2.54. The lowest BCUT2D eigenvalue weighted by atomic mass is 9.95. The molecule has 7 heteroatoms. The Kier molecular flexibility index (Phi) is 5.78. The van der Waals surface area contributed by atoms with Gasteiger partial charge in [0.05, 0.1) is 18.4 Å². The lowest BCUT2D eigenvalue weighted by Crippen LogP contribution is -2.43. The Morgan fingerprint density at radius 2 is 2.12 bits per heavy atom. The van der Waals surface area contributed by atoms with Gasteiger partial charge in [-0.25, -0.2) is 9.97 Å². The minimum atomic E-state index is 0.172. The summed E-state index contributed by atoms with van der Waals surface area (Å²) in [5.41, 5.74) is 1.87. The molecule has 2 aromatic rings. The van der Waals surface area contributed by atoms with E-state index in [1.165, 1.54) is 0 Å². The minimum absolute atomic E-state index is 0.172. The first-order valence-electron chi connectivity index (χ1n) is 8.96. The van der Waals surface area contributed by atoms with Crippen LogP contribution in [0.15, 0.2) is 30.6 Å². The highest BCUT2D eigenvalue weighted by atomic mass is 16.2. The number of aryl methyl sites for hydroxylation is 1. The summed E-state index contributed by atoms with van der Waals surface area (Å²) in [6, 6.07) is 5.82. The van der Waals surface area contributed by atoms with Crippen molar-refractivity contribution in [1.82, 2.24) is 24.8 Å². The predicted molar refractivity (Wildman–Crippen MR) is 101 cm³/mol. The normalized spacial score (nSPS) is 17.4. The zero-order valence-corrected chi connectivity index (χ0v) is 15.6. The molecule has 1 atom stereocenters. The largest absolute Gasteiger partial charge is 0.341 e. The van der Waals surface area contributed by atoms with E-state index in [0.717, 1.165) is 36.6 Å². The third-order valence-corrected chi connectivity index (χ3v) is 4.44. The number of amides is 1. The van der Waals surface area contributed by atoms with Crippen LogP contribution in [0, 0.1) is 6.92 Å². The maximum absolute atomic E-state index is 12.4. The van der Waals surface area contributed by atoms with E-state index in [2.05, 4.69) is 15.3 Å². The molecule has 0 aromatic carbocycles. The second-order valence-corrected chi connectivity index (χ2v) is 7.04. The molecule has 0 radical (unpaired) electrons. The number of carbonyl (C=O) groups is 1. The van der Waals surface area contributed by atoms with Crippen LogP contribution in [0.4, 0.5) is 11.6 Å². The number of hydrogen-bond acceptors (Lipinski definition) is 6. The van der Waals surface area contributed by atoms with Crippen molar-refractivity contribution in [2.75, 3.05) is 39.0 Å². The van der Waals surface area contributed by atoms with Crippen LogP contribution in [0.5, 0.6) is 0 Å². The number of nitrogens with zero attached hydrogens (tertiary/aromatic N) is 5. The highest BCUT2D eigenvalue weighted by Crippen LogP contribution is 2.26. The van der Waals surface area contributed by atoms with Crippen LogP contribution < -0.4 is 5.32 Å². The summed E-state index contributed by atoms with van der Waals surface area (Å²) < 4.78 is 0. The van der Waals surface area contributed by atoms with E-state index in [-0.39, 0.29) is 11.8 Å². The van der Waals surface area contributed by atoms with E-state index < -0.39 is 0 Å². The molecule has 0 bridgehead atoms. The fourth-order valence-corrected chi connectivity index (χ4v) is 3.20. The average Bonchev–Trinajstić information content (AvgIpc) is 2.61. The number of carbonyl (C=O) groups excluding carboxylic acids is 1. The van der Waals surface area contributed by atoms with Crippen molar-refractivity contribution in [1.29, 1.82) is 0 Å². The van der Waals surface area contributed by atoms with Crippen LogP contribution in [0.1, 0.15) is 30.1 Å². The van der Waals surface area contributed by atoms with Gasteiger partial charge in [-0.1, -0.05) is 6.07 Å². The van der Waals surface area contributed by atoms with Crippen LogP contribution in [0.25, 0.3) is 0 Å². The van der Waals surface area contributed by atoms with E-state index in [1.807, 2.05) is 49.0 Å². The second kappa shape index (κ2) is 8.23. The maximum atomic E-state index is 12.4. The topological polar surface area (TPSA) is 74.2 Å². The molecule has 3 heterocycles. The highest BCUT2D eigenvalue weighted by molar-refractivity contribution is 5.78. The van der Waals surface area contributed by atoms with Crippen LogP contribution in [-0.2, 0) is 4.79 Å². The Morgan fingerprint density at radius 1 is 1.27 bits per heavy atom. The molecule has 138 valence electrons. The molecule has 1 N–H and O–H groups in total. The van der Waals surface area contributed by atoms with E-state index in [9.17, 15) is 4.79 Å². The molecule has 1 aliphatic rings. The van der Waals surface area contributed by atoms with Crippen LogP contribution in [-0.4, -0.2) is 64.4 Å². The van der Waals surface area contributed by atoms with Gasteiger partial charge in [-0.3, -0.25) is 9.78 Å². The molecule has 7 nitrogen and oxygen atoms in total. The quantitative estimate of drug-likeness (QED) is 0.887. The third kappa shape index (κ3) is 4.76. The predicted octanol–water partition coefficient (Wildman–Crippen LogP) is 2.19. The molecular weight excluding hydrogens is 328 g/mol. The van der Waals surface area contributed by atoms with Crippen LogP contribution >= 0.6 is 0 Å². The summed E-state index contributed by atoms with van der Waals surface area (Å²) in [7, 11) is 3.83. The van der Waals surface area contributed by atoms with E-state index in [4.69, 9.17) is 4.98 Å². The number of rotatable bonds is 5. The fraction of sp³-hybridized carbons (Fsp3) is 0.474. The van der Waals surface area contributed by atoms with Gasteiger partial charge in [0.15, 0.2) is 0 Å². The number of likely N-dealkylation sites (N-methyl/N-ethyl adjacent to an activating group) is 1. The molecule has 1 amide bonds. The number of pyridine rings is 1. The average molecular weight is 354 g/mol. The molecule has 0 aliphatic carbocycles. The smallest absolute Gasteiger partial charge is 0.236 e. The summed E-state index contributed by atoms with van der Waals surface area (Å²) in [4.78, 5) is 29.7. The van der Waals surface area contributed by atoms with Crippen LogP contribution in [0.3, 0.4) is 0 Å². The molecule has 0 spiro atoms. The first-order chi connectivity index (χ1) is 12.5. The Labute approximate surface area is 154 Å². The standard InChI is InChI=1S/C19H26N6O/c1-14-6-4-8-17(21-14)23-18-11-20-10-16(22-18)15-7-5-9-25(12-15)19(26)13-24(2)3/h4,6,8,10-11,15H,5,7,9,12-13H2,1-3H3,(H,21,22,23)/t15-/m1/s1. The lowest BCUT2D eigenvalue weighted by Gasteiger charge is -2.33. The third-order valence-electron chi connectivity index (χ3n) is 4.44. The molecule has 0 unspecified atom stereocenters. The monoisotopic (exact) mass is 354 g/mol. The van der Waals surface area contributed by atoms with Gasteiger partial charge in [-0.15, -0.1) is 0 Å². The van der Waals surface area contributed by atoms with Gasteiger partial charge in [0.1, 0.15) is 11.6 Å². The van der Waals surface area contributed by atoms with Crippen molar-refractivity contribution >= 4 is 17.5 Å². The molecule has 26 heavy (non-hydrogen) atoms. The van der Waals surface area contributed by atoms with Gasteiger partial charge in [-0.2, -0.15) is 0 Å². The van der Waals surface area contributed by atoms with Crippen molar-refractivity contribution in [3.8, 4) is 0 Å². The Morgan fingerprint density at radius 3 is 2.88 bits per heavy atom. The number of hydrogen-bond donors (Lipinski definition) is 1. The summed E-state index contributed by atoms with van der Waals surface area (Å²) in [6.07, 6.45) is 5.51. The Balaban J connectivity index is 1.70. The molecule has 1 fully saturated rings. The molecule has 2 aromatic heterocycles. The maximum Gasteiger partial charge on any atom is 0.236 e. The number of aromatic nitrogens is 3. The van der Waals surface area contributed by atoms with Crippen LogP contribution in [0.2, 0.25) is 0 Å². The zero-order valence-electron chi connectivity index (χ0n) is 15.6. The minimum Gasteiger partial charge on any atom is -0.341 e. The van der Waals surface area contributed by atoms with Gasteiger partial charge in [0.25, 0.3) is 0 Å². The van der Waals surface area contributed by atoms with Crippen molar-refractivity contribution in [2.24, 2.45) is 0 Å². The molecule has 0 saturated carbocycles. The van der Waals surface area contributed by atoms with Crippen molar-refractivity contribution in [2.45, 2.75) is 25.7 Å². The Bertz CT molecular complexity index is 763. The summed E-state index contributed by atoms with van der Waals surface area (Å²) in [5.74, 6) is 1.82. The molecule has 1 saturated heterocycles. The van der Waals surface area contributed by atoms with Gasteiger partial charge in [0, 0.05) is 30.9 Å². The molecular formula is C19H26N6O. The molecule has 1 aliphatic heterocycles. The van der Waals surface area contributed by atoms with Crippen molar-refractivity contribution in [3.63, 3.8) is 0 Å². The van der Waals surface area contributed by atoms with Gasteiger partial charge in [0.2, 0.25) is 5.91 Å². The lowest BCUT2D eigenvalue weighted by molar-refractivity contribution is -0.133. The fourth-order valence-electron chi connectivity index (χ4n) is 3.20. The second-order valence-electron chi connectivity index (χ2n) is 7.04. The van der Waals surface area contributed by atoms with Gasteiger partial charge < -0.3 is 15.1 Å². The van der Waals surface area contributed by atoms with Gasteiger partial charge >= 0.3 is 0 Å². The summed E-state index contributed by atoms with van der Waals surface area (Å²) >= 11 is 0. The van der Waals surface area contributed by atoms with Crippen molar-refractivity contribution in [3.05, 3.63) is 42.0 Å². The first-order valence-corrected chi connectivity index (χ1v) is 8.96. The number of piperidine rings is 1. The number of anilines is 2. The van der Waals surface area contributed by atoms with E-state index in [1.54, 1.807) is 12.4 Å². The number of nitrogens with one attached hydrogen (secondary N) is 1. The van der Waals surface area contributed by atoms with E-state index >= 15 is 0 Å². The SMILES string of the molecule is Cc1cccc(Nc2cncc([C@@H]3CCCN(C(=O)CN(C)C)C3)n2)n1. The zero-order chi connectivity index (χ0) is 18.5.